The van der Waals surface area contributed by atoms with Gasteiger partial charge in [-0.2, -0.15) is 0 Å². The second-order valence-electron chi connectivity index (χ2n) is 8.02. The van der Waals surface area contributed by atoms with Crippen molar-refractivity contribution in [3.63, 3.8) is 0 Å². The third-order valence-corrected chi connectivity index (χ3v) is 7.08. The molecule has 5 nitrogen and oxygen atoms in total. The van der Waals surface area contributed by atoms with E-state index in [0.717, 1.165) is 30.7 Å². The van der Waals surface area contributed by atoms with Gasteiger partial charge in [-0.1, -0.05) is 29.8 Å². The fourth-order valence-electron chi connectivity index (χ4n) is 4.09. The van der Waals surface area contributed by atoms with Crippen LogP contribution in [0.2, 0.25) is 5.02 Å². The number of amides is 2. The number of hydrogen-bond donors (Lipinski definition) is 1. The second kappa shape index (κ2) is 10.3. The molecule has 0 atom stereocenters. The van der Waals surface area contributed by atoms with Gasteiger partial charge in [0.15, 0.2) is 0 Å². The summed E-state index contributed by atoms with van der Waals surface area (Å²) in [6, 6.07) is 15.0. The molecule has 1 fully saturated rings. The lowest BCUT2D eigenvalue weighted by molar-refractivity contribution is 0.0710. The monoisotopic (exact) mass is 467 g/mol. The Morgan fingerprint density at radius 3 is 2.59 bits per heavy atom. The summed E-state index contributed by atoms with van der Waals surface area (Å²) in [7, 11) is 0. The van der Waals surface area contributed by atoms with E-state index in [1.165, 1.54) is 4.88 Å². The van der Waals surface area contributed by atoms with Crippen molar-refractivity contribution in [2.45, 2.75) is 32.1 Å². The zero-order chi connectivity index (χ0) is 22.5. The summed E-state index contributed by atoms with van der Waals surface area (Å²) in [4.78, 5) is 33.6. The molecule has 0 spiro atoms. The zero-order valence-corrected chi connectivity index (χ0v) is 19.6. The van der Waals surface area contributed by atoms with E-state index in [0.29, 0.717) is 35.8 Å². The van der Waals surface area contributed by atoms with E-state index < -0.39 is 0 Å². The number of hydrogen-bond acceptors (Lipinski definition) is 4. The molecule has 0 unspecified atom stereocenters. The molecular weight excluding hydrogens is 442 g/mol. The quantitative estimate of drug-likeness (QED) is 0.548. The van der Waals surface area contributed by atoms with Gasteiger partial charge in [0.2, 0.25) is 0 Å². The van der Waals surface area contributed by atoms with E-state index in [1.54, 1.807) is 23.5 Å². The predicted molar refractivity (Wildman–Crippen MR) is 129 cm³/mol. The minimum absolute atomic E-state index is 0.0437. The molecule has 1 N–H and O–H groups in total. The van der Waals surface area contributed by atoms with Crippen LogP contribution in [0.25, 0.3) is 0 Å². The molecule has 1 aliphatic heterocycles. The van der Waals surface area contributed by atoms with Gasteiger partial charge in [0.05, 0.1) is 21.8 Å². The second-order valence-corrected chi connectivity index (χ2v) is 9.46. The number of nitrogens with one attached hydrogen (secondary N) is 1. The highest BCUT2D eigenvalue weighted by atomic mass is 35.5. The van der Waals surface area contributed by atoms with Gasteiger partial charge in [-0.25, -0.2) is 0 Å². The number of thiophene rings is 1. The maximum Gasteiger partial charge on any atom is 0.255 e. The number of carbonyl (C=O) groups is 2. The Labute approximate surface area is 197 Å². The van der Waals surface area contributed by atoms with E-state index in [9.17, 15) is 9.59 Å². The van der Waals surface area contributed by atoms with Crippen LogP contribution in [0.4, 0.5) is 0 Å². The maximum absolute atomic E-state index is 12.9. The maximum atomic E-state index is 12.9. The molecule has 1 saturated heterocycles. The molecule has 3 aromatic rings. The Bertz CT molecular complexity index is 1090. The van der Waals surface area contributed by atoms with Crippen molar-refractivity contribution in [2.24, 2.45) is 0 Å². The average Bonchev–Trinajstić information content (AvgIpc) is 3.32. The van der Waals surface area contributed by atoms with Crippen LogP contribution in [0.15, 0.2) is 53.9 Å². The number of benzene rings is 1. The number of aryl methyl sites for hydroxylation is 1. The molecule has 0 bridgehead atoms. The molecule has 1 aliphatic rings. The SMILES string of the molecule is Cc1ccc(C(=O)NCCc2cccs2)c(C2CCN(C(=O)c3ccccc3Cl)CC2)n1. The minimum Gasteiger partial charge on any atom is -0.352 e. The fourth-order valence-corrected chi connectivity index (χ4v) is 5.02. The standard InChI is InChI=1S/C25H26ClN3O2S/c1-17-8-9-21(24(30)27-13-10-19-5-4-16-32-19)23(28-17)18-11-14-29(15-12-18)25(31)20-6-2-3-7-22(20)26/h2-9,16,18H,10-15H2,1H3,(H,27,30). The lowest BCUT2D eigenvalue weighted by Gasteiger charge is -2.32. The van der Waals surface area contributed by atoms with E-state index in [2.05, 4.69) is 11.4 Å². The number of pyridine rings is 1. The van der Waals surface area contributed by atoms with E-state index in [1.807, 2.05) is 47.5 Å². The number of halogens is 1. The van der Waals surface area contributed by atoms with E-state index >= 15 is 0 Å². The molecule has 1 aromatic carbocycles. The number of rotatable bonds is 6. The average molecular weight is 468 g/mol. The third kappa shape index (κ3) is 5.19. The Kier molecular flexibility index (Phi) is 7.22. The van der Waals surface area contributed by atoms with Gasteiger partial charge >= 0.3 is 0 Å². The smallest absolute Gasteiger partial charge is 0.255 e. The Balaban J connectivity index is 1.41. The first-order valence-corrected chi connectivity index (χ1v) is 12.1. The first-order chi connectivity index (χ1) is 15.5. The van der Waals surface area contributed by atoms with Crippen LogP contribution < -0.4 is 5.32 Å². The van der Waals surface area contributed by atoms with Crippen molar-refractivity contribution in [2.75, 3.05) is 19.6 Å². The predicted octanol–water partition coefficient (Wildman–Crippen LogP) is 5.10. The molecule has 0 radical (unpaired) electrons. The summed E-state index contributed by atoms with van der Waals surface area (Å²) in [5, 5.41) is 5.56. The number of carbonyl (C=O) groups excluding carboxylic acids is 2. The topological polar surface area (TPSA) is 62.3 Å². The summed E-state index contributed by atoms with van der Waals surface area (Å²) >= 11 is 7.90. The molecule has 4 rings (SSSR count). The van der Waals surface area contributed by atoms with Crippen LogP contribution in [0, 0.1) is 6.92 Å². The lowest BCUT2D eigenvalue weighted by atomic mass is 9.89. The summed E-state index contributed by atoms with van der Waals surface area (Å²) < 4.78 is 0. The van der Waals surface area contributed by atoms with Gasteiger partial charge in [0.25, 0.3) is 11.8 Å². The van der Waals surface area contributed by atoms with Crippen LogP contribution in [0.5, 0.6) is 0 Å². The molecule has 0 saturated carbocycles. The third-order valence-electron chi connectivity index (χ3n) is 5.82. The Hall–Kier alpha value is -2.70. The molecular formula is C25H26ClN3O2S. The summed E-state index contributed by atoms with van der Waals surface area (Å²) in [5.41, 5.74) is 2.90. The number of piperidine rings is 1. The van der Waals surface area contributed by atoms with Crippen LogP contribution >= 0.6 is 22.9 Å². The van der Waals surface area contributed by atoms with Crippen LogP contribution in [-0.4, -0.2) is 41.3 Å². The molecule has 32 heavy (non-hydrogen) atoms. The Morgan fingerprint density at radius 1 is 1.09 bits per heavy atom. The minimum atomic E-state index is -0.0846. The van der Waals surface area contributed by atoms with Crippen molar-refractivity contribution < 1.29 is 9.59 Å². The van der Waals surface area contributed by atoms with Crippen molar-refractivity contribution in [1.82, 2.24) is 15.2 Å². The number of aromatic nitrogens is 1. The van der Waals surface area contributed by atoms with Crippen molar-refractivity contribution in [3.05, 3.63) is 86.3 Å². The highest BCUT2D eigenvalue weighted by Gasteiger charge is 2.29. The van der Waals surface area contributed by atoms with Gasteiger partial charge < -0.3 is 10.2 Å². The molecule has 166 valence electrons. The van der Waals surface area contributed by atoms with Crippen molar-refractivity contribution in [3.8, 4) is 0 Å². The van der Waals surface area contributed by atoms with Crippen LogP contribution in [-0.2, 0) is 6.42 Å². The largest absolute Gasteiger partial charge is 0.352 e. The zero-order valence-electron chi connectivity index (χ0n) is 18.0. The molecule has 2 aromatic heterocycles. The highest BCUT2D eigenvalue weighted by Crippen LogP contribution is 2.30. The van der Waals surface area contributed by atoms with Crippen LogP contribution in [0.1, 0.15) is 55.7 Å². The van der Waals surface area contributed by atoms with Gasteiger partial charge in [-0.3, -0.25) is 14.6 Å². The summed E-state index contributed by atoms with van der Waals surface area (Å²) in [6.07, 6.45) is 2.35. The van der Waals surface area contributed by atoms with Gasteiger partial charge in [-0.05, 0) is 61.9 Å². The first-order valence-electron chi connectivity index (χ1n) is 10.8. The van der Waals surface area contributed by atoms with Gasteiger partial charge in [-0.15, -0.1) is 11.3 Å². The summed E-state index contributed by atoms with van der Waals surface area (Å²) in [5.74, 6) is 0.0136. The molecule has 7 heteroatoms. The van der Waals surface area contributed by atoms with Crippen molar-refractivity contribution >= 4 is 34.8 Å². The Morgan fingerprint density at radius 2 is 1.88 bits per heavy atom. The lowest BCUT2D eigenvalue weighted by Crippen LogP contribution is -2.38. The number of nitrogens with zero attached hydrogens (tertiary/aromatic N) is 2. The van der Waals surface area contributed by atoms with E-state index in [-0.39, 0.29) is 17.7 Å². The molecule has 2 amide bonds. The van der Waals surface area contributed by atoms with Crippen molar-refractivity contribution in [1.29, 1.82) is 0 Å². The fraction of sp³-hybridized carbons (Fsp3) is 0.320. The number of likely N-dealkylation sites (tertiary alicyclic amines) is 1. The van der Waals surface area contributed by atoms with E-state index in [4.69, 9.17) is 16.6 Å². The normalized spacial score (nSPS) is 14.4. The molecule has 0 aliphatic carbocycles. The molecule has 3 heterocycles. The van der Waals surface area contributed by atoms with Gasteiger partial charge in [0, 0.05) is 36.1 Å². The highest BCUT2D eigenvalue weighted by molar-refractivity contribution is 7.09. The first kappa shape index (κ1) is 22.5. The van der Waals surface area contributed by atoms with Crippen LogP contribution in [0.3, 0.4) is 0 Å². The summed E-state index contributed by atoms with van der Waals surface area (Å²) in [6.45, 7) is 3.77. The van der Waals surface area contributed by atoms with Gasteiger partial charge in [0.1, 0.15) is 0 Å².